The summed E-state index contributed by atoms with van der Waals surface area (Å²) in [5.41, 5.74) is -0.537. The highest BCUT2D eigenvalue weighted by atomic mass is 19.4. The molecule has 0 bridgehead atoms. The Morgan fingerprint density at radius 1 is 1.16 bits per heavy atom. The summed E-state index contributed by atoms with van der Waals surface area (Å²) < 4.78 is 39.2. The van der Waals surface area contributed by atoms with Gasteiger partial charge in [-0.25, -0.2) is 0 Å². The number of alkyl halides is 3. The first kappa shape index (κ1) is 15.5. The van der Waals surface area contributed by atoms with Crippen molar-refractivity contribution in [1.82, 2.24) is 0 Å². The van der Waals surface area contributed by atoms with Crippen molar-refractivity contribution in [3.63, 3.8) is 0 Å². The molecular formula is C14H18F3NO. The fraction of sp³-hybridized carbons (Fsp3) is 0.500. The topological polar surface area (TPSA) is 20.3 Å². The normalized spacial score (nSPS) is 11.4. The van der Waals surface area contributed by atoms with Gasteiger partial charge in [0.1, 0.15) is 6.29 Å². The van der Waals surface area contributed by atoms with E-state index in [1.165, 1.54) is 12.1 Å². The second kappa shape index (κ2) is 6.59. The van der Waals surface area contributed by atoms with Gasteiger partial charge >= 0.3 is 6.18 Å². The number of rotatable bonds is 6. The quantitative estimate of drug-likeness (QED) is 0.726. The summed E-state index contributed by atoms with van der Waals surface area (Å²) in [6, 6.07) is 3.73. The van der Waals surface area contributed by atoms with Crippen molar-refractivity contribution in [2.45, 2.75) is 32.9 Å². The van der Waals surface area contributed by atoms with Gasteiger partial charge in [-0.3, -0.25) is 4.79 Å². The molecule has 0 atom stereocenters. The second-order valence-electron chi connectivity index (χ2n) is 4.38. The lowest BCUT2D eigenvalue weighted by Crippen LogP contribution is -2.27. The van der Waals surface area contributed by atoms with Crippen molar-refractivity contribution in [2.75, 3.05) is 18.0 Å². The lowest BCUT2D eigenvalue weighted by Gasteiger charge is -2.27. The van der Waals surface area contributed by atoms with Crippen LogP contribution in [0.3, 0.4) is 0 Å². The van der Waals surface area contributed by atoms with Crippen molar-refractivity contribution in [2.24, 2.45) is 0 Å². The van der Waals surface area contributed by atoms with Crippen molar-refractivity contribution in [1.29, 1.82) is 0 Å². The fourth-order valence-corrected chi connectivity index (χ4v) is 2.02. The zero-order valence-electron chi connectivity index (χ0n) is 11.1. The molecule has 0 aliphatic rings. The molecule has 5 heteroatoms. The first-order valence-corrected chi connectivity index (χ1v) is 6.35. The van der Waals surface area contributed by atoms with Crippen molar-refractivity contribution in [3.05, 3.63) is 29.3 Å². The van der Waals surface area contributed by atoms with E-state index in [9.17, 15) is 18.0 Å². The van der Waals surface area contributed by atoms with E-state index in [0.717, 1.165) is 18.9 Å². The molecule has 0 unspecified atom stereocenters. The van der Waals surface area contributed by atoms with Gasteiger partial charge in [0, 0.05) is 24.3 Å². The number of carbonyl (C=O) groups is 1. The van der Waals surface area contributed by atoms with Gasteiger partial charge in [0.2, 0.25) is 0 Å². The number of hydrogen-bond donors (Lipinski definition) is 0. The largest absolute Gasteiger partial charge is 0.418 e. The summed E-state index contributed by atoms with van der Waals surface area (Å²) in [5, 5.41) is 0. The number of aldehydes is 1. The zero-order valence-corrected chi connectivity index (χ0v) is 11.1. The first-order chi connectivity index (χ1) is 8.93. The Labute approximate surface area is 111 Å². The van der Waals surface area contributed by atoms with Gasteiger partial charge in [-0.05, 0) is 31.0 Å². The van der Waals surface area contributed by atoms with E-state index in [0.29, 0.717) is 19.4 Å². The van der Waals surface area contributed by atoms with E-state index in [1.54, 1.807) is 4.90 Å². The zero-order chi connectivity index (χ0) is 14.5. The molecule has 0 heterocycles. The molecule has 0 aliphatic heterocycles. The van der Waals surface area contributed by atoms with E-state index in [2.05, 4.69) is 0 Å². The number of anilines is 1. The number of benzene rings is 1. The van der Waals surface area contributed by atoms with E-state index in [-0.39, 0.29) is 11.3 Å². The average Bonchev–Trinajstić information content (AvgIpc) is 2.37. The van der Waals surface area contributed by atoms with Crippen LogP contribution in [0.1, 0.15) is 42.6 Å². The molecule has 0 aromatic heterocycles. The molecule has 0 amide bonds. The van der Waals surface area contributed by atoms with Crippen LogP contribution in [-0.2, 0) is 6.18 Å². The maximum atomic E-state index is 13.1. The summed E-state index contributed by atoms with van der Waals surface area (Å²) in [7, 11) is 0. The molecule has 2 nitrogen and oxygen atoms in total. The third kappa shape index (κ3) is 3.98. The lowest BCUT2D eigenvalue weighted by molar-refractivity contribution is -0.137. The summed E-state index contributed by atoms with van der Waals surface area (Å²) in [5.74, 6) is 0. The number of carbonyl (C=O) groups excluding carboxylic acids is 1. The summed E-state index contributed by atoms with van der Waals surface area (Å²) >= 11 is 0. The van der Waals surface area contributed by atoms with Crippen LogP contribution in [0.25, 0.3) is 0 Å². The highest BCUT2D eigenvalue weighted by Gasteiger charge is 2.35. The Bertz CT molecular complexity index is 423. The standard InChI is InChI=1S/C14H18F3NO/c1-3-7-18(8-4-2)13-6-5-11(10-19)9-12(13)14(15,16)17/h5-6,9-10H,3-4,7-8H2,1-2H3. The smallest absolute Gasteiger partial charge is 0.371 e. The summed E-state index contributed by atoms with van der Waals surface area (Å²) in [4.78, 5) is 12.4. The molecule has 106 valence electrons. The van der Waals surface area contributed by atoms with Gasteiger partial charge in [0.15, 0.2) is 0 Å². The van der Waals surface area contributed by atoms with E-state index < -0.39 is 11.7 Å². The minimum absolute atomic E-state index is 0.0454. The minimum atomic E-state index is -4.45. The van der Waals surface area contributed by atoms with Gasteiger partial charge in [-0.2, -0.15) is 13.2 Å². The Morgan fingerprint density at radius 3 is 2.16 bits per heavy atom. The van der Waals surface area contributed by atoms with Gasteiger partial charge in [0.25, 0.3) is 0 Å². The Hall–Kier alpha value is -1.52. The van der Waals surface area contributed by atoms with Gasteiger partial charge in [-0.1, -0.05) is 13.8 Å². The predicted molar refractivity (Wildman–Crippen MR) is 69.6 cm³/mol. The molecule has 1 rings (SSSR count). The Morgan fingerprint density at radius 2 is 1.74 bits per heavy atom. The molecule has 0 saturated carbocycles. The average molecular weight is 273 g/mol. The molecule has 0 N–H and O–H groups in total. The van der Waals surface area contributed by atoms with Gasteiger partial charge in [0.05, 0.1) is 5.56 Å². The maximum absolute atomic E-state index is 13.1. The van der Waals surface area contributed by atoms with Crippen LogP contribution >= 0.6 is 0 Å². The number of hydrogen-bond acceptors (Lipinski definition) is 2. The molecule has 19 heavy (non-hydrogen) atoms. The monoisotopic (exact) mass is 273 g/mol. The fourth-order valence-electron chi connectivity index (χ4n) is 2.02. The Balaban J connectivity index is 3.27. The van der Waals surface area contributed by atoms with Crippen LogP contribution in [0.15, 0.2) is 18.2 Å². The van der Waals surface area contributed by atoms with Crippen LogP contribution in [0, 0.1) is 0 Å². The van der Waals surface area contributed by atoms with Crippen LogP contribution in [0.5, 0.6) is 0 Å². The van der Waals surface area contributed by atoms with Crippen LogP contribution in [0.4, 0.5) is 18.9 Å². The predicted octanol–water partition coefficient (Wildman–Crippen LogP) is 4.14. The molecule has 0 aliphatic carbocycles. The molecule has 0 saturated heterocycles. The van der Waals surface area contributed by atoms with Gasteiger partial charge < -0.3 is 4.90 Å². The van der Waals surface area contributed by atoms with Crippen LogP contribution < -0.4 is 4.90 Å². The molecule has 0 fully saturated rings. The third-order valence-electron chi connectivity index (χ3n) is 2.79. The second-order valence-corrected chi connectivity index (χ2v) is 4.38. The van der Waals surface area contributed by atoms with Crippen molar-refractivity contribution < 1.29 is 18.0 Å². The lowest BCUT2D eigenvalue weighted by atomic mass is 10.1. The summed E-state index contributed by atoms with van der Waals surface area (Å²) in [6.07, 6.45) is -2.48. The SMILES string of the molecule is CCCN(CCC)c1ccc(C=O)cc1C(F)(F)F. The molecular weight excluding hydrogens is 255 g/mol. The highest BCUT2D eigenvalue weighted by molar-refractivity contribution is 5.77. The first-order valence-electron chi connectivity index (χ1n) is 6.35. The number of halogens is 3. The third-order valence-corrected chi connectivity index (χ3v) is 2.79. The van der Waals surface area contributed by atoms with Crippen molar-refractivity contribution in [3.8, 4) is 0 Å². The summed E-state index contributed by atoms with van der Waals surface area (Å²) in [6.45, 7) is 4.99. The maximum Gasteiger partial charge on any atom is 0.418 e. The van der Waals surface area contributed by atoms with Crippen LogP contribution in [-0.4, -0.2) is 19.4 Å². The van der Waals surface area contributed by atoms with E-state index in [1.807, 2.05) is 13.8 Å². The van der Waals surface area contributed by atoms with Crippen molar-refractivity contribution >= 4 is 12.0 Å². The molecule has 1 aromatic rings. The van der Waals surface area contributed by atoms with E-state index >= 15 is 0 Å². The molecule has 1 aromatic carbocycles. The number of nitrogens with zero attached hydrogens (tertiary/aromatic N) is 1. The Kier molecular flexibility index (Phi) is 5.39. The molecule has 0 spiro atoms. The molecule has 0 radical (unpaired) electrons. The highest BCUT2D eigenvalue weighted by Crippen LogP contribution is 2.37. The van der Waals surface area contributed by atoms with E-state index in [4.69, 9.17) is 0 Å². The minimum Gasteiger partial charge on any atom is -0.371 e. The van der Waals surface area contributed by atoms with Gasteiger partial charge in [-0.15, -0.1) is 0 Å². The van der Waals surface area contributed by atoms with Crippen LogP contribution in [0.2, 0.25) is 0 Å².